The van der Waals surface area contributed by atoms with Crippen LogP contribution in [0.25, 0.3) is 0 Å². The second-order valence-electron chi connectivity index (χ2n) is 5.35. The Hall–Kier alpha value is -1.17. The molecular weight excluding hydrogens is 261 g/mol. The van der Waals surface area contributed by atoms with E-state index in [1.54, 1.807) is 6.07 Å². The molecule has 2 aliphatic heterocycles. The molecule has 0 aliphatic carbocycles. The molecule has 0 radical (unpaired) electrons. The van der Waals surface area contributed by atoms with Crippen molar-refractivity contribution >= 4 is 0 Å². The quantitative estimate of drug-likeness (QED) is 0.836. The van der Waals surface area contributed by atoms with Gasteiger partial charge in [-0.15, -0.1) is 0 Å². The molecule has 1 aromatic rings. The molecule has 3 rings (SSSR count). The summed E-state index contributed by atoms with van der Waals surface area (Å²) < 4.78 is 29.6. The number of hydrogen-bond acceptors (Lipinski definition) is 4. The molecular formula is C15H20FNO3. The Morgan fingerprint density at radius 3 is 3.10 bits per heavy atom. The van der Waals surface area contributed by atoms with Crippen LogP contribution in [0.1, 0.15) is 17.5 Å². The maximum Gasteiger partial charge on any atom is 0.189 e. The Balaban J connectivity index is 1.55. The third-order valence-electron chi connectivity index (χ3n) is 3.78. The fraction of sp³-hybridized carbons (Fsp3) is 0.600. The highest BCUT2D eigenvalue weighted by Crippen LogP contribution is 2.29. The van der Waals surface area contributed by atoms with Crippen molar-refractivity contribution in [1.29, 1.82) is 0 Å². The Morgan fingerprint density at radius 2 is 2.25 bits per heavy atom. The van der Waals surface area contributed by atoms with Crippen molar-refractivity contribution in [1.82, 2.24) is 5.32 Å². The van der Waals surface area contributed by atoms with E-state index in [0.717, 1.165) is 56.0 Å². The van der Waals surface area contributed by atoms with Gasteiger partial charge in [0, 0.05) is 18.7 Å². The zero-order chi connectivity index (χ0) is 13.8. The highest BCUT2D eigenvalue weighted by atomic mass is 19.1. The van der Waals surface area contributed by atoms with Gasteiger partial charge in [-0.3, -0.25) is 0 Å². The molecule has 1 atom stereocenters. The van der Waals surface area contributed by atoms with Crippen LogP contribution >= 0.6 is 0 Å². The van der Waals surface area contributed by atoms with E-state index in [4.69, 9.17) is 14.2 Å². The summed E-state index contributed by atoms with van der Waals surface area (Å²) in [6.07, 6.45) is 1.89. The van der Waals surface area contributed by atoms with Gasteiger partial charge in [0.2, 0.25) is 0 Å². The Bertz CT molecular complexity index is 461. The van der Waals surface area contributed by atoms with Crippen molar-refractivity contribution in [3.8, 4) is 5.75 Å². The van der Waals surface area contributed by atoms with E-state index in [9.17, 15) is 4.39 Å². The average Bonchev–Trinajstić information content (AvgIpc) is 2.96. The zero-order valence-corrected chi connectivity index (χ0v) is 11.5. The smallest absolute Gasteiger partial charge is 0.189 e. The minimum Gasteiger partial charge on any atom is -0.467 e. The van der Waals surface area contributed by atoms with Gasteiger partial charge < -0.3 is 19.5 Å². The molecule has 20 heavy (non-hydrogen) atoms. The molecule has 5 heteroatoms. The number of nitrogens with one attached hydrogen (secondary N) is 1. The van der Waals surface area contributed by atoms with Crippen molar-refractivity contribution in [2.75, 3.05) is 33.1 Å². The van der Waals surface area contributed by atoms with Crippen LogP contribution in [0.15, 0.2) is 12.1 Å². The fourth-order valence-electron chi connectivity index (χ4n) is 2.72. The minimum atomic E-state index is -0.225. The largest absolute Gasteiger partial charge is 0.467 e. The molecule has 0 bridgehead atoms. The molecule has 1 unspecified atom stereocenters. The molecule has 2 aliphatic rings. The fourth-order valence-corrected chi connectivity index (χ4v) is 2.72. The van der Waals surface area contributed by atoms with Gasteiger partial charge in [-0.25, -0.2) is 4.39 Å². The first-order chi connectivity index (χ1) is 9.83. The van der Waals surface area contributed by atoms with Crippen LogP contribution in [-0.2, 0) is 22.5 Å². The number of rotatable bonds is 5. The Morgan fingerprint density at radius 1 is 1.30 bits per heavy atom. The maximum absolute atomic E-state index is 13.6. The van der Waals surface area contributed by atoms with Crippen LogP contribution < -0.4 is 10.1 Å². The van der Waals surface area contributed by atoms with E-state index in [0.29, 0.717) is 12.5 Å². The molecule has 110 valence electrons. The van der Waals surface area contributed by atoms with E-state index in [2.05, 4.69) is 5.32 Å². The lowest BCUT2D eigenvalue weighted by atomic mass is 10.0. The number of hydrogen-bond donors (Lipinski definition) is 1. The first-order valence-electron chi connectivity index (χ1n) is 7.13. The van der Waals surface area contributed by atoms with Crippen LogP contribution in [0.4, 0.5) is 4.39 Å². The molecule has 0 aromatic heterocycles. The van der Waals surface area contributed by atoms with E-state index in [1.807, 2.05) is 0 Å². The highest BCUT2D eigenvalue weighted by molar-refractivity contribution is 5.42. The van der Waals surface area contributed by atoms with E-state index >= 15 is 0 Å². The van der Waals surface area contributed by atoms with E-state index < -0.39 is 0 Å². The Labute approximate surface area is 118 Å². The predicted octanol–water partition coefficient (Wildman–Crippen LogP) is 1.86. The van der Waals surface area contributed by atoms with Gasteiger partial charge in [-0.05, 0) is 43.0 Å². The second-order valence-corrected chi connectivity index (χ2v) is 5.35. The van der Waals surface area contributed by atoms with Crippen molar-refractivity contribution in [2.24, 2.45) is 5.92 Å². The number of benzene rings is 1. The highest BCUT2D eigenvalue weighted by Gasteiger charge is 2.17. The lowest BCUT2D eigenvalue weighted by Gasteiger charge is -2.21. The Kier molecular flexibility index (Phi) is 4.50. The number of fused-ring (bicyclic) bond motifs is 1. The van der Waals surface area contributed by atoms with Gasteiger partial charge in [0.1, 0.15) is 11.6 Å². The van der Waals surface area contributed by atoms with Crippen LogP contribution in [0.5, 0.6) is 5.75 Å². The molecule has 2 heterocycles. The van der Waals surface area contributed by atoms with Crippen LogP contribution in [-0.4, -0.2) is 33.1 Å². The first kappa shape index (κ1) is 13.8. The molecule has 1 N–H and O–H groups in total. The third kappa shape index (κ3) is 3.29. The van der Waals surface area contributed by atoms with Crippen LogP contribution in [0.2, 0.25) is 0 Å². The summed E-state index contributed by atoms with van der Waals surface area (Å²) in [4.78, 5) is 0. The van der Waals surface area contributed by atoms with Crippen molar-refractivity contribution < 1.29 is 18.6 Å². The van der Waals surface area contributed by atoms with Crippen molar-refractivity contribution in [2.45, 2.75) is 19.4 Å². The maximum atomic E-state index is 13.6. The lowest BCUT2D eigenvalue weighted by molar-refractivity contribution is -0.0172. The van der Waals surface area contributed by atoms with E-state index in [-0.39, 0.29) is 12.6 Å². The number of ether oxygens (including phenoxy) is 3. The van der Waals surface area contributed by atoms with Crippen LogP contribution in [0, 0.1) is 11.7 Å². The summed E-state index contributed by atoms with van der Waals surface area (Å²) in [7, 11) is 0. The average molecular weight is 281 g/mol. The summed E-state index contributed by atoms with van der Waals surface area (Å²) in [5.74, 6) is 1.18. The topological polar surface area (TPSA) is 39.7 Å². The molecule has 0 spiro atoms. The molecule has 1 saturated heterocycles. The van der Waals surface area contributed by atoms with Gasteiger partial charge in [0.25, 0.3) is 0 Å². The van der Waals surface area contributed by atoms with Gasteiger partial charge in [0.05, 0.1) is 13.2 Å². The van der Waals surface area contributed by atoms with Crippen LogP contribution in [0.3, 0.4) is 0 Å². The molecule has 1 fully saturated rings. The predicted molar refractivity (Wildman–Crippen MR) is 72.2 cm³/mol. The molecule has 0 saturated carbocycles. The lowest BCUT2D eigenvalue weighted by Crippen LogP contribution is -2.25. The van der Waals surface area contributed by atoms with Gasteiger partial charge in [-0.2, -0.15) is 0 Å². The first-order valence-corrected chi connectivity index (χ1v) is 7.13. The summed E-state index contributed by atoms with van der Waals surface area (Å²) in [6.45, 7) is 4.17. The molecule has 4 nitrogen and oxygen atoms in total. The van der Waals surface area contributed by atoms with Crippen molar-refractivity contribution in [3.63, 3.8) is 0 Å². The normalized spacial score (nSPS) is 21.6. The van der Waals surface area contributed by atoms with E-state index in [1.165, 1.54) is 6.07 Å². The monoisotopic (exact) mass is 281 g/mol. The second kappa shape index (κ2) is 6.52. The third-order valence-corrected chi connectivity index (χ3v) is 3.78. The van der Waals surface area contributed by atoms with Crippen molar-refractivity contribution in [3.05, 3.63) is 29.1 Å². The molecule has 1 aromatic carbocycles. The van der Waals surface area contributed by atoms with Gasteiger partial charge in [-0.1, -0.05) is 0 Å². The summed E-state index contributed by atoms with van der Waals surface area (Å²) in [6, 6.07) is 3.05. The zero-order valence-electron chi connectivity index (χ0n) is 11.5. The standard InChI is InChI=1S/C15H20FNO3/c16-14-5-12(15-13(6-14)9-19-10-20-15)1-3-17-7-11-2-4-18-8-11/h5-6,11,17H,1-4,7-10H2. The minimum absolute atomic E-state index is 0.225. The summed E-state index contributed by atoms with van der Waals surface area (Å²) in [5.41, 5.74) is 1.72. The molecule has 0 amide bonds. The summed E-state index contributed by atoms with van der Waals surface area (Å²) >= 11 is 0. The SMILES string of the molecule is Fc1cc(CCNCC2CCOC2)c2c(c1)COCO2. The summed E-state index contributed by atoms with van der Waals surface area (Å²) in [5, 5.41) is 3.41. The van der Waals surface area contributed by atoms with Gasteiger partial charge in [0.15, 0.2) is 6.79 Å². The number of halogens is 1. The van der Waals surface area contributed by atoms with Gasteiger partial charge >= 0.3 is 0 Å².